The molecule has 6 atom stereocenters. The average molecular weight is 893 g/mol. The maximum Gasteiger partial charge on any atom is 0.176 e. The summed E-state index contributed by atoms with van der Waals surface area (Å²) in [5.41, 5.74) is 4.46. The van der Waals surface area contributed by atoms with E-state index in [9.17, 15) is 0 Å². The molecule has 0 bridgehead atoms. The molecule has 8 aromatic rings. The van der Waals surface area contributed by atoms with Gasteiger partial charge in [-0.05, 0) is 86.3 Å². The third kappa shape index (κ3) is 8.68. The normalized spacial score (nSPS) is 20.3. The Morgan fingerprint density at radius 3 is 1.30 bits per heavy atom. The van der Waals surface area contributed by atoms with Crippen molar-refractivity contribution in [1.82, 2.24) is 69.8 Å². The van der Waals surface area contributed by atoms with Gasteiger partial charge in [-0.15, -0.1) is 0 Å². The van der Waals surface area contributed by atoms with Crippen LogP contribution in [0.15, 0.2) is 135 Å². The van der Waals surface area contributed by atoms with Crippen LogP contribution in [0.4, 0.5) is 8.78 Å². The number of ketones is 1. The molecule has 0 saturated carbocycles. The van der Waals surface area contributed by atoms with Crippen molar-refractivity contribution in [2.75, 3.05) is 26.3 Å². The highest BCUT2D eigenvalue weighted by molar-refractivity contribution is 5.93. The Balaban J connectivity index is 1.14. The molecule has 19 heteroatoms. The van der Waals surface area contributed by atoms with Crippen molar-refractivity contribution in [2.45, 2.75) is 63.1 Å². The number of ether oxygens (including phenoxy) is 2. The lowest BCUT2D eigenvalue weighted by atomic mass is 9.86. The Bertz CT molecular complexity index is 2690. The molecule has 6 heterocycles. The molecule has 66 heavy (non-hydrogen) atoms. The fourth-order valence-corrected chi connectivity index (χ4v) is 9.24. The molecule has 10 rings (SSSR count). The number of Topliss-reactive ketones (excluding diaryl/α,β-unsaturated/α-hetero) is 1. The first-order chi connectivity index (χ1) is 32.3. The second-order valence-corrected chi connectivity index (χ2v) is 16.5. The van der Waals surface area contributed by atoms with Crippen molar-refractivity contribution in [3.05, 3.63) is 168 Å². The van der Waals surface area contributed by atoms with E-state index in [1.165, 1.54) is 31.3 Å². The maximum atomic E-state index is 16.8. The number of nitrogens with zero attached hydrogens (tertiary/aromatic N) is 14. The number of carbonyl (C=O) groups excluding carboxylic acids is 1. The van der Waals surface area contributed by atoms with Crippen molar-refractivity contribution in [3.8, 4) is 22.7 Å². The molecule has 2 aliphatic rings. The van der Waals surface area contributed by atoms with Crippen LogP contribution >= 0.6 is 0 Å². The molecule has 0 radical (unpaired) electrons. The second-order valence-electron chi connectivity index (χ2n) is 16.5. The van der Waals surface area contributed by atoms with Crippen LogP contribution in [0.25, 0.3) is 22.7 Å². The third-order valence-electron chi connectivity index (χ3n) is 12.2. The molecule has 0 N–H and O–H groups in total. The minimum Gasteiger partial charge on any atom is -0.376 e. The van der Waals surface area contributed by atoms with E-state index in [-0.39, 0.29) is 44.0 Å². The van der Waals surface area contributed by atoms with Gasteiger partial charge in [0.15, 0.2) is 5.78 Å². The number of aromatic nitrogens is 12. The summed E-state index contributed by atoms with van der Waals surface area (Å²) >= 11 is 0. The van der Waals surface area contributed by atoms with Gasteiger partial charge in [0, 0.05) is 36.3 Å². The van der Waals surface area contributed by atoms with Gasteiger partial charge < -0.3 is 9.47 Å². The number of hydrogen-bond acceptors (Lipinski definition) is 13. The van der Waals surface area contributed by atoms with Crippen molar-refractivity contribution in [3.63, 3.8) is 0 Å². The largest absolute Gasteiger partial charge is 0.376 e. The van der Waals surface area contributed by atoms with Crippen molar-refractivity contribution >= 4 is 5.78 Å². The maximum absolute atomic E-state index is 16.8. The fraction of sp³-hybridized carbons (Fsp3) is 0.298. The molecule has 0 spiro atoms. The van der Waals surface area contributed by atoms with Gasteiger partial charge in [-0.1, -0.05) is 36.4 Å². The molecule has 4 aromatic heterocycles. The van der Waals surface area contributed by atoms with Crippen molar-refractivity contribution in [2.24, 2.45) is 0 Å². The van der Waals surface area contributed by atoms with Crippen LogP contribution in [0.3, 0.4) is 0 Å². The Morgan fingerprint density at radius 1 is 0.545 bits per heavy atom. The van der Waals surface area contributed by atoms with Gasteiger partial charge in [0.2, 0.25) is 0 Å². The van der Waals surface area contributed by atoms with E-state index in [1.54, 1.807) is 73.8 Å². The van der Waals surface area contributed by atoms with Crippen LogP contribution in [0, 0.1) is 11.6 Å². The number of para-hydroxylation sites is 2. The van der Waals surface area contributed by atoms with E-state index in [0.717, 1.165) is 0 Å². The summed E-state index contributed by atoms with van der Waals surface area (Å²) in [6.07, 6.45) is 12.4. The SMILES string of the molecule is C[C@@H]1CN(C(C(=O)C(c2ccccc2-n2nccn2)N2C[C@@H](C)OC[C@H]2Cc2cc(-n3nccn3)ccc2F)c2ccccc2-n2nccn2)[C@H](Cc2cc(-n3nccn3)ccc2F)CO1. The predicted octanol–water partition coefficient (Wildman–Crippen LogP) is 5.30. The lowest BCUT2D eigenvalue weighted by Gasteiger charge is -2.47. The Kier molecular flexibility index (Phi) is 12.1. The molecule has 4 aromatic carbocycles. The van der Waals surface area contributed by atoms with Crippen LogP contribution in [0.5, 0.6) is 0 Å². The zero-order chi connectivity index (χ0) is 45.1. The van der Waals surface area contributed by atoms with E-state index in [1.807, 2.05) is 62.4 Å². The predicted molar refractivity (Wildman–Crippen MR) is 235 cm³/mol. The Morgan fingerprint density at radius 2 is 0.909 bits per heavy atom. The smallest absolute Gasteiger partial charge is 0.176 e. The molecule has 2 fully saturated rings. The molecule has 0 amide bonds. The number of rotatable bonds is 14. The highest BCUT2D eigenvalue weighted by Gasteiger charge is 2.46. The average Bonchev–Trinajstić information content (AvgIpc) is 4.20. The molecule has 0 aliphatic carbocycles. The summed E-state index contributed by atoms with van der Waals surface area (Å²) in [5.74, 6) is -1.01. The molecule has 336 valence electrons. The summed E-state index contributed by atoms with van der Waals surface area (Å²) < 4.78 is 44.7. The van der Waals surface area contributed by atoms with E-state index in [4.69, 9.17) is 9.47 Å². The summed E-state index contributed by atoms with van der Waals surface area (Å²) in [5, 5.41) is 35.1. The molecule has 2 unspecified atom stereocenters. The first-order valence-electron chi connectivity index (χ1n) is 21.8. The van der Waals surface area contributed by atoms with E-state index >= 15 is 13.6 Å². The lowest BCUT2D eigenvalue weighted by Crippen LogP contribution is -2.57. The number of halogens is 2. The topological polar surface area (TPSA) is 165 Å². The minimum atomic E-state index is -0.990. The van der Waals surface area contributed by atoms with Gasteiger partial charge >= 0.3 is 0 Å². The third-order valence-corrected chi connectivity index (χ3v) is 12.2. The standard InChI is InChI=1S/C47H46F2N14O3/c1-31-27-58(37(29-65-31)25-33-23-35(11-13-41(33)48)60-50-15-16-51-60)45(39-7-3-5-9-43(39)62-54-19-20-55-62)47(64)46(40-8-4-6-10-44(40)63-56-21-22-57-63)59-28-32(2)66-30-38(59)26-34-24-36(12-14-42(34)49)61-52-17-18-53-61/h3-24,31-32,37-38,45-46H,25-30H2,1-2H3/t31-,32-,37-,38-,45?,46?/m1/s1. The molecule has 17 nitrogen and oxygen atoms in total. The summed E-state index contributed by atoms with van der Waals surface area (Å²) in [4.78, 5) is 27.0. The van der Waals surface area contributed by atoms with Crippen LogP contribution in [-0.4, -0.2) is 126 Å². The quantitative estimate of drug-likeness (QED) is 0.138. The number of morpholine rings is 2. The first kappa shape index (κ1) is 42.7. The Labute approximate surface area is 378 Å². The van der Waals surface area contributed by atoms with Gasteiger partial charge in [0.25, 0.3) is 0 Å². The summed E-state index contributed by atoms with van der Waals surface area (Å²) in [6.45, 7) is 4.98. The molecular weight excluding hydrogens is 847 g/mol. The van der Waals surface area contributed by atoms with E-state index in [0.29, 0.717) is 58.1 Å². The number of benzene rings is 4. The van der Waals surface area contributed by atoms with Gasteiger partial charge in [-0.3, -0.25) is 14.6 Å². The van der Waals surface area contributed by atoms with Crippen molar-refractivity contribution in [1.29, 1.82) is 0 Å². The van der Waals surface area contributed by atoms with Gasteiger partial charge in [0.05, 0.1) is 110 Å². The van der Waals surface area contributed by atoms with E-state index < -0.39 is 35.8 Å². The number of hydrogen-bond donors (Lipinski definition) is 0. The highest BCUT2D eigenvalue weighted by atomic mass is 19.1. The Hall–Kier alpha value is -7.19. The van der Waals surface area contributed by atoms with Gasteiger partial charge in [0.1, 0.15) is 11.6 Å². The van der Waals surface area contributed by atoms with Gasteiger partial charge in [-0.2, -0.15) is 60.0 Å². The zero-order valence-electron chi connectivity index (χ0n) is 36.2. The van der Waals surface area contributed by atoms with Crippen molar-refractivity contribution < 1.29 is 23.0 Å². The zero-order valence-corrected chi connectivity index (χ0v) is 36.2. The number of carbonyl (C=O) groups is 1. The van der Waals surface area contributed by atoms with Crippen LogP contribution < -0.4 is 0 Å². The first-order valence-corrected chi connectivity index (χ1v) is 21.8. The van der Waals surface area contributed by atoms with Crippen LogP contribution in [-0.2, 0) is 27.1 Å². The highest BCUT2D eigenvalue weighted by Crippen LogP contribution is 2.41. The molecule has 2 aliphatic heterocycles. The lowest BCUT2D eigenvalue weighted by molar-refractivity contribution is -0.143. The van der Waals surface area contributed by atoms with Gasteiger partial charge in [-0.25, -0.2) is 8.78 Å². The van der Waals surface area contributed by atoms with Crippen LogP contribution in [0.1, 0.15) is 48.2 Å². The monoisotopic (exact) mass is 892 g/mol. The van der Waals surface area contributed by atoms with E-state index in [2.05, 4.69) is 50.6 Å². The second kappa shape index (κ2) is 18.7. The summed E-state index contributed by atoms with van der Waals surface area (Å²) in [7, 11) is 0. The van der Waals surface area contributed by atoms with Crippen LogP contribution in [0.2, 0.25) is 0 Å². The molecular formula is C47H46F2N14O3. The molecule has 2 saturated heterocycles. The fourth-order valence-electron chi connectivity index (χ4n) is 9.24. The minimum absolute atomic E-state index is 0.191. The summed E-state index contributed by atoms with van der Waals surface area (Å²) in [6, 6.07) is 21.7.